The van der Waals surface area contributed by atoms with E-state index in [1.807, 2.05) is 31.2 Å². The maximum atomic E-state index is 14.0. The van der Waals surface area contributed by atoms with E-state index >= 15 is 0 Å². The van der Waals surface area contributed by atoms with Gasteiger partial charge in [0.25, 0.3) is 15.9 Å². The third-order valence-corrected chi connectivity index (χ3v) is 10.1. The fourth-order valence-corrected chi connectivity index (χ4v) is 8.27. The number of rotatable bonds is 5. The van der Waals surface area contributed by atoms with Gasteiger partial charge in [0, 0.05) is 24.2 Å². The van der Waals surface area contributed by atoms with Crippen LogP contribution in [0.2, 0.25) is 0 Å². The lowest BCUT2D eigenvalue weighted by atomic mass is 9.77. The monoisotopic (exact) mass is 556 g/mol. The molecule has 12 heteroatoms. The van der Waals surface area contributed by atoms with Crippen molar-refractivity contribution in [1.82, 2.24) is 4.90 Å². The zero-order chi connectivity index (χ0) is 27.0. The number of carbonyl (C=O) groups excluding carboxylic acids is 1. The first-order valence-corrected chi connectivity index (χ1v) is 15.8. The minimum absolute atomic E-state index is 0.0697. The van der Waals surface area contributed by atoms with Crippen molar-refractivity contribution in [2.75, 3.05) is 16.3 Å². The molecule has 2 heterocycles. The second-order valence-corrected chi connectivity index (χ2v) is 13.9. The van der Waals surface area contributed by atoms with Gasteiger partial charge in [0.15, 0.2) is 5.84 Å². The van der Waals surface area contributed by atoms with Crippen LogP contribution in [0.25, 0.3) is 0 Å². The number of aliphatic hydroxyl groups excluding tert-OH is 1. The minimum atomic E-state index is -4.31. The third kappa shape index (κ3) is 4.06. The summed E-state index contributed by atoms with van der Waals surface area (Å²) in [4.78, 5) is 15.6. The maximum Gasteiger partial charge on any atom is 0.286 e. The lowest BCUT2D eigenvalue weighted by molar-refractivity contribution is -0.134. The van der Waals surface area contributed by atoms with Crippen molar-refractivity contribution in [2.24, 2.45) is 22.2 Å². The van der Waals surface area contributed by atoms with Gasteiger partial charge in [-0.15, -0.1) is 4.40 Å². The van der Waals surface area contributed by atoms with Gasteiger partial charge in [0.1, 0.15) is 16.2 Å². The first-order chi connectivity index (χ1) is 17.9. The molecule has 6 rings (SSSR count). The molecule has 1 amide bonds. The molecular weight excluding hydrogens is 528 g/mol. The predicted molar refractivity (Wildman–Crippen MR) is 143 cm³/mol. The zero-order valence-electron chi connectivity index (χ0n) is 20.9. The lowest BCUT2D eigenvalue weighted by Crippen LogP contribution is -2.53. The Kier molecular flexibility index (Phi) is 5.62. The Balaban J connectivity index is 1.42. The largest absolute Gasteiger partial charge is 0.511 e. The van der Waals surface area contributed by atoms with Crippen LogP contribution < -0.4 is 10.0 Å². The van der Waals surface area contributed by atoms with Crippen molar-refractivity contribution in [3.63, 3.8) is 0 Å². The van der Waals surface area contributed by atoms with Crippen molar-refractivity contribution in [3.05, 3.63) is 64.9 Å². The smallest absolute Gasteiger partial charge is 0.286 e. The quantitative estimate of drug-likeness (QED) is 0.513. The average Bonchev–Trinajstić information content (AvgIpc) is 3.44. The van der Waals surface area contributed by atoms with Crippen molar-refractivity contribution >= 4 is 43.2 Å². The van der Waals surface area contributed by atoms with E-state index in [2.05, 4.69) is 14.4 Å². The molecular formula is C26H28N4O6S2. The lowest BCUT2D eigenvalue weighted by Gasteiger charge is -2.44. The molecule has 0 aromatic heterocycles. The molecule has 3 N–H and O–H groups in total. The Morgan fingerprint density at radius 2 is 1.89 bits per heavy atom. The van der Waals surface area contributed by atoms with Gasteiger partial charge in [0.2, 0.25) is 10.0 Å². The molecule has 0 spiro atoms. The summed E-state index contributed by atoms with van der Waals surface area (Å²) in [6.07, 6.45) is 3.83. The summed E-state index contributed by atoms with van der Waals surface area (Å²) >= 11 is 0. The highest BCUT2D eigenvalue weighted by atomic mass is 32.2. The summed E-state index contributed by atoms with van der Waals surface area (Å²) in [5, 5.41) is 14.4. The van der Waals surface area contributed by atoms with Crippen molar-refractivity contribution < 1.29 is 26.7 Å². The van der Waals surface area contributed by atoms with E-state index in [1.165, 1.54) is 18.2 Å². The van der Waals surface area contributed by atoms with Crippen LogP contribution in [-0.4, -0.2) is 50.9 Å². The molecule has 4 atom stereocenters. The Morgan fingerprint density at radius 3 is 2.63 bits per heavy atom. The van der Waals surface area contributed by atoms with Crippen LogP contribution in [0.5, 0.6) is 0 Å². The second kappa shape index (κ2) is 8.57. The first kappa shape index (κ1) is 24.9. The second-order valence-electron chi connectivity index (χ2n) is 10.6. The molecule has 2 saturated carbocycles. The number of fused-ring (bicyclic) bond motifs is 6. The summed E-state index contributed by atoms with van der Waals surface area (Å²) in [5.74, 6) is -0.563. The number of nitrogens with zero attached hydrogens (tertiary/aromatic N) is 2. The van der Waals surface area contributed by atoms with Crippen LogP contribution in [0.3, 0.4) is 0 Å². The molecule has 10 nitrogen and oxygen atoms in total. The molecule has 38 heavy (non-hydrogen) atoms. The number of hydrogen-bond donors (Lipinski definition) is 3. The molecule has 2 bridgehead atoms. The van der Waals surface area contributed by atoms with Crippen molar-refractivity contribution in [1.29, 1.82) is 0 Å². The van der Waals surface area contributed by atoms with Crippen LogP contribution in [0.1, 0.15) is 30.4 Å². The molecule has 4 aliphatic rings. The van der Waals surface area contributed by atoms with Crippen LogP contribution in [0, 0.1) is 24.7 Å². The van der Waals surface area contributed by atoms with E-state index < -0.39 is 26.0 Å². The van der Waals surface area contributed by atoms with Crippen molar-refractivity contribution in [3.8, 4) is 0 Å². The average molecular weight is 557 g/mol. The number of aryl methyl sites for hydroxylation is 1. The zero-order valence-corrected chi connectivity index (χ0v) is 22.5. The summed E-state index contributed by atoms with van der Waals surface area (Å²) in [7, 11) is -7.93. The Hall–Kier alpha value is -3.38. The topological polar surface area (TPSA) is 145 Å². The van der Waals surface area contributed by atoms with Gasteiger partial charge < -0.3 is 15.3 Å². The highest BCUT2D eigenvalue weighted by Crippen LogP contribution is 2.55. The normalized spacial score (nSPS) is 27.5. The number of sulfonamides is 2. The van der Waals surface area contributed by atoms with E-state index in [0.717, 1.165) is 36.6 Å². The van der Waals surface area contributed by atoms with Gasteiger partial charge in [-0.05, 0) is 67.3 Å². The Morgan fingerprint density at radius 1 is 1.16 bits per heavy atom. The van der Waals surface area contributed by atoms with E-state index in [4.69, 9.17) is 0 Å². The molecule has 2 aliphatic heterocycles. The molecule has 2 aliphatic carbocycles. The first-order valence-electron chi connectivity index (χ1n) is 12.5. The van der Waals surface area contributed by atoms with Gasteiger partial charge in [0.05, 0.1) is 11.9 Å². The molecule has 2 aromatic rings. The van der Waals surface area contributed by atoms with Crippen LogP contribution in [-0.2, 0) is 31.4 Å². The highest BCUT2D eigenvalue weighted by molar-refractivity contribution is 7.92. The molecule has 0 radical (unpaired) electrons. The standard InChI is InChI=1S/C26H28N4O6S2/c1-14-5-3-4-6-17(14)13-30-23-16-8-7-15(11-16)21(23)24(31)22(26(30)32)25-27-19-10-9-18(28-37(2,33)34)12-20(19)38(35,36)29-25/h3-6,9-10,12,15-16,21,23,28,31H,7-8,11,13H2,1-2H3,(H,27,29)/t15-,16+,21-,23+/m1/s1. The number of amides is 1. The fraction of sp³-hybridized carbons (Fsp3) is 0.385. The maximum absolute atomic E-state index is 14.0. The summed E-state index contributed by atoms with van der Waals surface area (Å²) < 4.78 is 55.8. The minimum Gasteiger partial charge on any atom is -0.511 e. The van der Waals surface area contributed by atoms with E-state index in [1.54, 1.807) is 4.90 Å². The van der Waals surface area contributed by atoms with E-state index in [0.29, 0.717) is 6.54 Å². The summed E-state index contributed by atoms with van der Waals surface area (Å²) in [6.45, 7) is 2.34. The number of nitrogens with one attached hydrogen (secondary N) is 2. The van der Waals surface area contributed by atoms with Gasteiger partial charge >= 0.3 is 0 Å². The Bertz CT molecular complexity index is 1650. The van der Waals surface area contributed by atoms with E-state index in [9.17, 15) is 26.7 Å². The molecule has 0 unspecified atom stereocenters. The molecule has 0 saturated heterocycles. The van der Waals surface area contributed by atoms with Crippen LogP contribution >= 0.6 is 0 Å². The number of aliphatic hydroxyl groups is 1. The molecule has 200 valence electrons. The molecule has 2 fully saturated rings. The van der Waals surface area contributed by atoms with Gasteiger partial charge in [-0.1, -0.05) is 24.3 Å². The number of hydrogen-bond acceptors (Lipinski definition) is 7. The fourth-order valence-electron chi connectivity index (χ4n) is 6.57. The van der Waals surface area contributed by atoms with Crippen LogP contribution in [0.15, 0.2) is 63.1 Å². The van der Waals surface area contributed by atoms with E-state index in [-0.39, 0.29) is 57.2 Å². The highest BCUT2D eigenvalue weighted by Gasteiger charge is 2.57. The van der Waals surface area contributed by atoms with Crippen molar-refractivity contribution in [2.45, 2.75) is 43.7 Å². The number of amidine groups is 1. The summed E-state index contributed by atoms with van der Waals surface area (Å²) in [5.41, 5.74) is 2.12. The SMILES string of the molecule is Cc1ccccc1CN1C(=O)C(C2=NS(=O)(=O)c3cc(NS(C)(=O)=O)ccc3N2)=C(O)[C@@H]2[C@@H]3CC[C@@H](C3)[C@@H]21. The van der Waals surface area contributed by atoms with Gasteiger partial charge in [-0.3, -0.25) is 9.52 Å². The Labute approximate surface area is 221 Å². The van der Waals surface area contributed by atoms with Gasteiger partial charge in [-0.25, -0.2) is 8.42 Å². The summed E-state index contributed by atoms with van der Waals surface area (Å²) in [6, 6.07) is 11.7. The van der Waals surface area contributed by atoms with Gasteiger partial charge in [-0.2, -0.15) is 8.42 Å². The number of anilines is 2. The molecule has 2 aromatic carbocycles. The van der Waals surface area contributed by atoms with Crippen LogP contribution in [0.4, 0.5) is 11.4 Å². The third-order valence-electron chi connectivity index (χ3n) is 8.15. The predicted octanol–water partition coefficient (Wildman–Crippen LogP) is 3.15. The number of carbonyl (C=O) groups is 1. The number of benzene rings is 2.